The average molecular weight is 192 g/mol. The zero-order chi connectivity index (χ0) is 10.1. The van der Waals surface area contributed by atoms with E-state index in [2.05, 4.69) is 4.98 Å². The first kappa shape index (κ1) is 9.75. The highest BCUT2D eigenvalue weighted by Gasteiger charge is 2.36. The van der Waals surface area contributed by atoms with Crippen LogP contribution >= 0.6 is 0 Å². The molecule has 0 unspecified atom stereocenters. The highest BCUT2D eigenvalue weighted by atomic mass is 19.4. The quantitative estimate of drug-likeness (QED) is 0.506. The van der Waals surface area contributed by atoms with Gasteiger partial charge >= 0.3 is 6.18 Å². The molecule has 72 valence electrons. The second-order valence-corrected chi connectivity index (χ2v) is 2.28. The van der Waals surface area contributed by atoms with Gasteiger partial charge in [-0.1, -0.05) is 0 Å². The molecule has 7 heteroatoms. The predicted octanol–water partition coefficient (Wildman–Crippen LogP) is 0.654. The zero-order valence-electron chi connectivity index (χ0n) is 6.42. The van der Waals surface area contributed by atoms with Gasteiger partial charge in [-0.15, -0.1) is 0 Å². The van der Waals surface area contributed by atoms with Crippen molar-refractivity contribution in [3.8, 4) is 0 Å². The number of halogens is 3. The number of anilines is 1. The summed E-state index contributed by atoms with van der Waals surface area (Å²) in [6.45, 7) is 0. The van der Waals surface area contributed by atoms with Gasteiger partial charge in [-0.3, -0.25) is 0 Å². The first-order chi connectivity index (χ1) is 5.93. The molecule has 0 aliphatic rings. The molecule has 0 aliphatic heterocycles. The second kappa shape index (κ2) is 3.19. The minimum Gasteiger partial charge on any atom is -0.250 e. The molecule has 0 saturated heterocycles. The number of hydrazine groups is 2. The van der Waals surface area contributed by atoms with Crippen molar-refractivity contribution >= 4 is 5.69 Å². The number of pyridine rings is 1. The van der Waals surface area contributed by atoms with Crippen LogP contribution in [0, 0.1) is 0 Å². The molecule has 1 aromatic rings. The molecule has 4 N–H and O–H groups in total. The van der Waals surface area contributed by atoms with Crippen LogP contribution in [0.2, 0.25) is 0 Å². The number of nitrogens with two attached hydrogens (primary N) is 2. The maximum Gasteiger partial charge on any atom is 0.435 e. The fourth-order valence-corrected chi connectivity index (χ4v) is 0.824. The summed E-state index contributed by atoms with van der Waals surface area (Å²) < 4.78 is 36.6. The van der Waals surface area contributed by atoms with Crippen molar-refractivity contribution in [2.24, 2.45) is 11.7 Å². The number of hydrogen-bond acceptors (Lipinski definition) is 4. The van der Waals surface area contributed by atoms with Crippen LogP contribution in [-0.4, -0.2) is 4.98 Å². The Morgan fingerprint density at radius 3 is 2.31 bits per heavy atom. The SMILES string of the molecule is NN(N)c1cccnc1C(F)(F)F. The third-order valence-corrected chi connectivity index (χ3v) is 1.33. The summed E-state index contributed by atoms with van der Waals surface area (Å²) in [6, 6.07) is 2.45. The molecule has 0 bridgehead atoms. The third-order valence-electron chi connectivity index (χ3n) is 1.33. The van der Waals surface area contributed by atoms with Crippen LogP contribution in [0.15, 0.2) is 18.3 Å². The van der Waals surface area contributed by atoms with Gasteiger partial charge in [0.25, 0.3) is 0 Å². The lowest BCUT2D eigenvalue weighted by molar-refractivity contribution is -0.140. The second-order valence-electron chi connectivity index (χ2n) is 2.28. The molecule has 0 radical (unpaired) electrons. The molecule has 0 saturated carbocycles. The van der Waals surface area contributed by atoms with E-state index >= 15 is 0 Å². The normalized spacial score (nSPS) is 11.5. The van der Waals surface area contributed by atoms with Crippen LogP contribution in [0.4, 0.5) is 18.9 Å². The Morgan fingerprint density at radius 2 is 1.92 bits per heavy atom. The summed E-state index contributed by atoms with van der Waals surface area (Å²) in [4.78, 5) is 3.14. The Kier molecular flexibility index (Phi) is 2.39. The first-order valence-corrected chi connectivity index (χ1v) is 3.24. The molecule has 0 amide bonds. The van der Waals surface area contributed by atoms with E-state index in [9.17, 15) is 13.2 Å². The predicted molar refractivity (Wildman–Crippen MR) is 40.1 cm³/mol. The van der Waals surface area contributed by atoms with E-state index in [-0.39, 0.29) is 5.69 Å². The van der Waals surface area contributed by atoms with Crippen molar-refractivity contribution in [2.45, 2.75) is 6.18 Å². The van der Waals surface area contributed by atoms with Crippen LogP contribution in [0.25, 0.3) is 0 Å². The largest absolute Gasteiger partial charge is 0.435 e. The van der Waals surface area contributed by atoms with Gasteiger partial charge in [-0.25, -0.2) is 21.8 Å². The van der Waals surface area contributed by atoms with Gasteiger partial charge in [-0.2, -0.15) is 13.2 Å². The molecule has 1 heterocycles. The van der Waals surface area contributed by atoms with Crippen molar-refractivity contribution in [3.63, 3.8) is 0 Å². The molecule has 1 aromatic heterocycles. The van der Waals surface area contributed by atoms with Crippen LogP contribution in [0.3, 0.4) is 0 Å². The van der Waals surface area contributed by atoms with Crippen molar-refractivity contribution in [2.75, 3.05) is 5.12 Å². The smallest absolute Gasteiger partial charge is 0.250 e. The van der Waals surface area contributed by atoms with E-state index in [0.29, 0.717) is 5.12 Å². The van der Waals surface area contributed by atoms with Crippen molar-refractivity contribution < 1.29 is 13.2 Å². The Hall–Kier alpha value is -1.34. The number of rotatable bonds is 1. The van der Waals surface area contributed by atoms with E-state index in [0.717, 1.165) is 12.3 Å². The van der Waals surface area contributed by atoms with Crippen molar-refractivity contribution in [1.82, 2.24) is 4.98 Å². The van der Waals surface area contributed by atoms with E-state index in [1.54, 1.807) is 0 Å². The monoisotopic (exact) mass is 192 g/mol. The summed E-state index contributed by atoms with van der Waals surface area (Å²) in [7, 11) is 0. The molecule has 13 heavy (non-hydrogen) atoms. The lowest BCUT2D eigenvalue weighted by Crippen LogP contribution is -2.39. The van der Waals surface area contributed by atoms with E-state index in [1.165, 1.54) is 6.07 Å². The minimum absolute atomic E-state index is 0.366. The van der Waals surface area contributed by atoms with E-state index in [1.807, 2.05) is 0 Å². The topological polar surface area (TPSA) is 68.2 Å². The van der Waals surface area contributed by atoms with Gasteiger partial charge in [0.2, 0.25) is 0 Å². The summed E-state index contributed by atoms with van der Waals surface area (Å²) in [5.41, 5.74) is -1.46. The number of alkyl halides is 3. The molecular formula is C6H7F3N4. The van der Waals surface area contributed by atoms with Crippen molar-refractivity contribution in [1.29, 1.82) is 0 Å². The molecule has 0 fully saturated rings. The molecule has 0 aliphatic carbocycles. The maximum atomic E-state index is 12.2. The minimum atomic E-state index is -4.55. The molecular weight excluding hydrogens is 185 g/mol. The summed E-state index contributed by atoms with van der Waals surface area (Å²) >= 11 is 0. The first-order valence-electron chi connectivity index (χ1n) is 3.24. The van der Waals surface area contributed by atoms with Crippen LogP contribution in [0.1, 0.15) is 5.69 Å². The molecule has 0 atom stereocenters. The molecule has 0 spiro atoms. The van der Waals surface area contributed by atoms with Gasteiger partial charge in [0.05, 0.1) is 0 Å². The maximum absolute atomic E-state index is 12.2. The van der Waals surface area contributed by atoms with E-state index in [4.69, 9.17) is 11.7 Å². The lowest BCUT2D eigenvalue weighted by Gasteiger charge is -2.16. The Morgan fingerprint density at radius 1 is 1.31 bits per heavy atom. The lowest BCUT2D eigenvalue weighted by atomic mass is 10.3. The van der Waals surface area contributed by atoms with Crippen LogP contribution in [0.5, 0.6) is 0 Å². The van der Waals surface area contributed by atoms with Gasteiger partial charge < -0.3 is 0 Å². The highest BCUT2D eigenvalue weighted by molar-refractivity contribution is 5.48. The third kappa shape index (κ3) is 2.07. The standard InChI is InChI=1S/C6H7F3N4/c7-6(8,9)5-4(13(10)11)2-1-3-12-5/h1-3H,10-11H2. The molecule has 0 aromatic carbocycles. The number of hydrogen-bond donors (Lipinski definition) is 2. The molecule has 4 nitrogen and oxygen atoms in total. The Bertz CT molecular complexity index is 296. The van der Waals surface area contributed by atoms with Gasteiger partial charge in [0.15, 0.2) is 5.69 Å². The fourth-order valence-electron chi connectivity index (χ4n) is 0.824. The zero-order valence-corrected chi connectivity index (χ0v) is 6.42. The highest BCUT2D eigenvalue weighted by Crippen LogP contribution is 2.32. The summed E-state index contributed by atoms with van der Waals surface area (Å²) in [6.07, 6.45) is -3.52. The van der Waals surface area contributed by atoms with E-state index < -0.39 is 11.9 Å². The summed E-state index contributed by atoms with van der Waals surface area (Å²) in [5, 5.41) is 0.385. The fraction of sp³-hybridized carbons (Fsp3) is 0.167. The van der Waals surface area contributed by atoms with Gasteiger partial charge in [0, 0.05) is 6.20 Å². The van der Waals surface area contributed by atoms with Crippen LogP contribution in [-0.2, 0) is 6.18 Å². The van der Waals surface area contributed by atoms with Crippen molar-refractivity contribution in [3.05, 3.63) is 24.0 Å². The number of aromatic nitrogens is 1. The van der Waals surface area contributed by atoms with Gasteiger partial charge in [0.1, 0.15) is 5.69 Å². The average Bonchev–Trinajstić information content (AvgIpc) is 2.03. The van der Waals surface area contributed by atoms with Gasteiger partial charge in [-0.05, 0) is 12.1 Å². The number of nitrogens with zero attached hydrogens (tertiary/aromatic N) is 2. The molecule has 1 rings (SSSR count). The Labute approximate surface area is 71.9 Å². The van der Waals surface area contributed by atoms with Crippen LogP contribution < -0.4 is 16.8 Å². The Balaban J connectivity index is 3.20. The summed E-state index contributed by atoms with van der Waals surface area (Å²) in [5.74, 6) is 9.96.